The van der Waals surface area contributed by atoms with Crippen LogP contribution in [0.4, 0.5) is 0 Å². The second kappa shape index (κ2) is 7.44. The maximum absolute atomic E-state index is 13.0. The van der Waals surface area contributed by atoms with Gasteiger partial charge in [0, 0.05) is 16.7 Å². The van der Waals surface area contributed by atoms with Crippen LogP contribution in [0.2, 0.25) is 0 Å². The normalized spacial score (nSPS) is 18.6. The van der Waals surface area contributed by atoms with Gasteiger partial charge in [-0.05, 0) is 12.5 Å². The number of carbonyl (C=O) groups is 4. The van der Waals surface area contributed by atoms with Crippen molar-refractivity contribution in [2.75, 3.05) is 0 Å². The predicted octanol–water partition coefficient (Wildman–Crippen LogP) is 3.16. The molecule has 0 saturated carbocycles. The molecule has 0 bridgehead atoms. The molecule has 6 heteroatoms. The fraction of sp³-hybridized carbons (Fsp3) is 0.0909. The number of benzene rings is 2. The van der Waals surface area contributed by atoms with E-state index < -0.39 is 28.9 Å². The minimum atomic E-state index is -2.06. The number of Topliss-reactive ketones (excluding diaryl/α,β-unsaturated/α-hetero) is 2. The van der Waals surface area contributed by atoms with E-state index in [0.717, 1.165) is 12.2 Å². The lowest BCUT2D eigenvalue weighted by Crippen LogP contribution is -2.40. The molecule has 0 heterocycles. The molecular formula is C22H16O6. The molecule has 0 spiro atoms. The van der Waals surface area contributed by atoms with Gasteiger partial charge in [0.05, 0.1) is 5.57 Å². The maximum atomic E-state index is 13.0. The number of carboxylic acids is 2. The number of allylic oxidation sites excluding steroid dienone is 1. The van der Waals surface area contributed by atoms with Crippen molar-refractivity contribution in [2.24, 2.45) is 5.41 Å². The molecule has 1 aliphatic rings. The summed E-state index contributed by atoms with van der Waals surface area (Å²) in [5.41, 5.74) is -2.31. The van der Waals surface area contributed by atoms with Gasteiger partial charge in [-0.1, -0.05) is 66.7 Å². The van der Waals surface area contributed by atoms with Crippen molar-refractivity contribution in [2.45, 2.75) is 6.42 Å². The Labute approximate surface area is 160 Å². The molecule has 6 nitrogen and oxygen atoms in total. The molecule has 0 fully saturated rings. The summed E-state index contributed by atoms with van der Waals surface area (Å²) >= 11 is 0. The minimum absolute atomic E-state index is 0.167. The van der Waals surface area contributed by atoms with E-state index in [4.69, 9.17) is 0 Å². The summed E-state index contributed by atoms with van der Waals surface area (Å²) in [5.74, 6) is -4.16. The summed E-state index contributed by atoms with van der Waals surface area (Å²) in [7, 11) is 0. The van der Waals surface area contributed by atoms with Crippen molar-refractivity contribution in [3.8, 4) is 0 Å². The minimum Gasteiger partial charge on any atom is -0.480 e. The molecule has 3 rings (SSSR count). The van der Waals surface area contributed by atoms with Gasteiger partial charge in [0.1, 0.15) is 0 Å². The van der Waals surface area contributed by atoms with E-state index in [1.165, 1.54) is 24.3 Å². The Kier molecular flexibility index (Phi) is 5.04. The van der Waals surface area contributed by atoms with Gasteiger partial charge in [0.25, 0.3) is 0 Å². The highest BCUT2D eigenvalue weighted by atomic mass is 16.4. The summed E-state index contributed by atoms with van der Waals surface area (Å²) in [6.07, 6.45) is 1.76. The van der Waals surface area contributed by atoms with Crippen LogP contribution in [0.3, 0.4) is 0 Å². The largest absolute Gasteiger partial charge is 0.480 e. The number of aliphatic carboxylic acids is 2. The average Bonchev–Trinajstić information content (AvgIpc) is 2.73. The molecule has 28 heavy (non-hydrogen) atoms. The first-order valence-electron chi connectivity index (χ1n) is 8.46. The Balaban J connectivity index is 2.16. The highest BCUT2D eigenvalue weighted by molar-refractivity contribution is 6.21. The summed E-state index contributed by atoms with van der Waals surface area (Å²) in [5, 5.41) is 19.3. The molecule has 2 aromatic carbocycles. The van der Waals surface area contributed by atoms with Gasteiger partial charge in [0.2, 0.25) is 0 Å². The standard InChI is InChI=1S/C22H16O6/c23-18(14-7-3-1-4-8-14)17-13-22(21(27)28,12-11-16(17)20(25)26)19(24)15-9-5-2-6-10-15/h1-11,13H,12H2,(H,25,26)(H,27,28). The monoisotopic (exact) mass is 376 g/mol. The summed E-state index contributed by atoms with van der Waals surface area (Å²) in [4.78, 5) is 49.7. The van der Waals surface area contributed by atoms with E-state index in [1.54, 1.807) is 36.4 Å². The van der Waals surface area contributed by atoms with Crippen LogP contribution >= 0.6 is 0 Å². The smallest absolute Gasteiger partial charge is 0.336 e. The van der Waals surface area contributed by atoms with Gasteiger partial charge in [-0.3, -0.25) is 14.4 Å². The quantitative estimate of drug-likeness (QED) is 0.592. The molecule has 2 aromatic rings. The molecule has 140 valence electrons. The first kappa shape index (κ1) is 19.0. The molecule has 1 atom stereocenters. The number of ketones is 2. The first-order chi connectivity index (χ1) is 13.4. The van der Waals surface area contributed by atoms with Crippen LogP contribution in [0.5, 0.6) is 0 Å². The number of rotatable bonds is 6. The van der Waals surface area contributed by atoms with E-state index in [1.807, 2.05) is 0 Å². The number of carbonyl (C=O) groups excluding carboxylic acids is 2. The summed E-state index contributed by atoms with van der Waals surface area (Å²) < 4.78 is 0. The Morgan fingerprint density at radius 3 is 1.79 bits per heavy atom. The number of hydrogen-bond acceptors (Lipinski definition) is 4. The van der Waals surface area contributed by atoms with Crippen LogP contribution < -0.4 is 0 Å². The topological polar surface area (TPSA) is 109 Å². The predicted molar refractivity (Wildman–Crippen MR) is 100 cm³/mol. The van der Waals surface area contributed by atoms with Gasteiger partial charge in [-0.15, -0.1) is 0 Å². The van der Waals surface area contributed by atoms with Gasteiger partial charge < -0.3 is 10.2 Å². The van der Waals surface area contributed by atoms with Crippen molar-refractivity contribution in [3.05, 3.63) is 95.1 Å². The zero-order valence-electron chi connectivity index (χ0n) is 14.7. The molecule has 0 saturated heterocycles. The number of hydrogen-bond donors (Lipinski definition) is 2. The molecule has 1 unspecified atom stereocenters. The SMILES string of the molecule is O=C(O)C1=CCC(C(=O)O)(C(=O)c2ccccc2)C=C1C(=O)c1ccccc1. The van der Waals surface area contributed by atoms with E-state index in [2.05, 4.69) is 0 Å². The Morgan fingerprint density at radius 1 is 0.750 bits per heavy atom. The van der Waals surface area contributed by atoms with Gasteiger partial charge >= 0.3 is 11.9 Å². The zero-order chi connectivity index (χ0) is 20.3. The lowest BCUT2D eigenvalue weighted by Gasteiger charge is -2.28. The third kappa shape index (κ3) is 3.27. The average molecular weight is 376 g/mol. The molecule has 0 amide bonds. The van der Waals surface area contributed by atoms with Crippen molar-refractivity contribution in [3.63, 3.8) is 0 Å². The highest BCUT2D eigenvalue weighted by Gasteiger charge is 2.47. The van der Waals surface area contributed by atoms with Crippen LogP contribution in [-0.2, 0) is 9.59 Å². The number of carboxylic acid groups (broad SMARTS) is 2. The summed E-state index contributed by atoms with van der Waals surface area (Å²) in [6.45, 7) is 0. The van der Waals surface area contributed by atoms with Crippen LogP contribution in [0.15, 0.2) is 84.0 Å². The van der Waals surface area contributed by atoms with Crippen molar-refractivity contribution in [1.82, 2.24) is 0 Å². The zero-order valence-corrected chi connectivity index (χ0v) is 14.7. The molecule has 0 aliphatic heterocycles. The Bertz CT molecular complexity index is 1020. The second-order valence-electron chi connectivity index (χ2n) is 6.35. The van der Waals surface area contributed by atoms with E-state index in [0.29, 0.717) is 0 Å². The molecular weight excluding hydrogens is 360 g/mol. The molecule has 0 radical (unpaired) electrons. The Hall–Kier alpha value is -3.80. The van der Waals surface area contributed by atoms with E-state index >= 15 is 0 Å². The van der Waals surface area contributed by atoms with Gasteiger partial charge in [-0.25, -0.2) is 4.79 Å². The van der Waals surface area contributed by atoms with Crippen LogP contribution in [0, 0.1) is 5.41 Å². The van der Waals surface area contributed by atoms with Gasteiger partial charge in [-0.2, -0.15) is 0 Å². The fourth-order valence-electron chi connectivity index (χ4n) is 3.14. The van der Waals surface area contributed by atoms with Crippen LogP contribution in [-0.4, -0.2) is 33.7 Å². The van der Waals surface area contributed by atoms with Crippen molar-refractivity contribution >= 4 is 23.5 Å². The first-order valence-corrected chi connectivity index (χ1v) is 8.46. The second-order valence-corrected chi connectivity index (χ2v) is 6.35. The van der Waals surface area contributed by atoms with Crippen molar-refractivity contribution < 1.29 is 29.4 Å². The fourth-order valence-corrected chi connectivity index (χ4v) is 3.14. The van der Waals surface area contributed by atoms with Gasteiger partial charge in [0.15, 0.2) is 17.0 Å². The Morgan fingerprint density at radius 2 is 1.29 bits per heavy atom. The maximum Gasteiger partial charge on any atom is 0.336 e. The lowest BCUT2D eigenvalue weighted by molar-refractivity contribution is -0.143. The van der Waals surface area contributed by atoms with Crippen molar-refractivity contribution in [1.29, 1.82) is 0 Å². The van der Waals surface area contributed by atoms with E-state index in [9.17, 15) is 29.4 Å². The third-order valence-corrected chi connectivity index (χ3v) is 4.64. The molecule has 1 aliphatic carbocycles. The van der Waals surface area contributed by atoms with Crippen LogP contribution in [0.25, 0.3) is 0 Å². The van der Waals surface area contributed by atoms with E-state index in [-0.39, 0.29) is 28.7 Å². The molecule has 2 N–H and O–H groups in total. The summed E-state index contributed by atoms with van der Waals surface area (Å²) in [6, 6.07) is 15.8. The molecule has 0 aromatic heterocycles. The lowest BCUT2D eigenvalue weighted by atomic mass is 9.71. The van der Waals surface area contributed by atoms with Crippen LogP contribution in [0.1, 0.15) is 27.1 Å². The third-order valence-electron chi connectivity index (χ3n) is 4.64. The highest BCUT2D eigenvalue weighted by Crippen LogP contribution is 2.38.